The monoisotopic (exact) mass is 302 g/mol. The molecule has 1 spiro atoms. The molecule has 1 aromatic carbocycles. The molecule has 1 fully saturated rings. The van der Waals surface area contributed by atoms with Crippen LogP contribution in [0, 0.1) is 0 Å². The summed E-state index contributed by atoms with van der Waals surface area (Å²) in [4.78, 5) is 0. The summed E-state index contributed by atoms with van der Waals surface area (Å²) in [6, 6.07) is 7.54. The van der Waals surface area contributed by atoms with E-state index in [9.17, 15) is 0 Å². The average molecular weight is 302 g/mol. The maximum Gasteiger partial charge on any atom is 0.188 e. The second-order valence-corrected chi connectivity index (χ2v) is 5.67. The smallest absolute Gasteiger partial charge is 0.188 e. The highest BCUT2D eigenvalue weighted by Gasteiger charge is 2.34. The number of nitrogens with two attached hydrogens (primary N) is 1. The topological polar surface area (TPSA) is 96.1 Å². The van der Waals surface area contributed by atoms with Crippen LogP contribution in [0.4, 0.5) is 0 Å². The molecule has 0 saturated heterocycles. The van der Waals surface area contributed by atoms with Crippen molar-refractivity contribution >= 4 is 11.5 Å². The molecule has 1 aromatic rings. The summed E-state index contributed by atoms with van der Waals surface area (Å²) < 4.78 is 5.16. The zero-order chi connectivity index (χ0) is 15.4. The van der Waals surface area contributed by atoms with Gasteiger partial charge in [-0.05, 0) is 49.9 Å². The minimum atomic E-state index is -0.151. The van der Waals surface area contributed by atoms with Crippen molar-refractivity contribution in [3.05, 3.63) is 29.8 Å². The van der Waals surface area contributed by atoms with Crippen molar-refractivity contribution in [2.75, 3.05) is 7.11 Å². The summed E-state index contributed by atoms with van der Waals surface area (Å²) in [6.45, 7) is 0. The first-order valence-corrected chi connectivity index (χ1v) is 7.57. The molecule has 1 heterocycles. The van der Waals surface area contributed by atoms with Crippen molar-refractivity contribution in [3.63, 3.8) is 0 Å². The highest BCUT2D eigenvalue weighted by molar-refractivity contribution is 6.47. The first kappa shape index (κ1) is 14.6. The number of ether oxygens (including phenoxy) is 1. The third-order valence-electron chi connectivity index (χ3n) is 4.23. The number of nitrogens with one attached hydrogen (secondary N) is 3. The van der Waals surface area contributed by atoms with Gasteiger partial charge in [0.25, 0.3) is 0 Å². The molecule has 0 aromatic heterocycles. The van der Waals surface area contributed by atoms with Gasteiger partial charge < -0.3 is 16.0 Å². The minimum absolute atomic E-state index is 0.151. The molecule has 1 saturated carbocycles. The Kier molecular flexibility index (Phi) is 4.15. The second kappa shape index (κ2) is 6.23. The lowest BCUT2D eigenvalue weighted by atomic mass is 9.90. The van der Waals surface area contributed by atoms with Crippen LogP contribution in [0.25, 0.3) is 0 Å². The highest BCUT2D eigenvalue weighted by Crippen LogP contribution is 2.26. The van der Waals surface area contributed by atoms with Gasteiger partial charge in [0, 0.05) is 5.56 Å². The molecular formula is C15H22N6O. The maximum atomic E-state index is 5.56. The molecule has 3 rings (SSSR count). The Bertz CT molecular complexity index is 574. The van der Waals surface area contributed by atoms with Crippen molar-refractivity contribution in [3.8, 4) is 5.75 Å². The van der Waals surface area contributed by atoms with E-state index in [0.717, 1.165) is 24.2 Å². The molecule has 0 unspecified atom stereocenters. The van der Waals surface area contributed by atoms with Gasteiger partial charge in [-0.3, -0.25) is 5.43 Å². The molecular weight excluding hydrogens is 280 g/mol. The van der Waals surface area contributed by atoms with Gasteiger partial charge in [-0.15, -0.1) is 0 Å². The third kappa shape index (κ3) is 2.85. The SMILES string of the molecule is COc1ccc(C(=NN)C2=NNC3(CCCCC3)NN2)cc1. The predicted molar refractivity (Wildman–Crippen MR) is 86.4 cm³/mol. The predicted octanol–water partition coefficient (Wildman–Crippen LogP) is 1.03. The van der Waals surface area contributed by atoms with E-state index in [2.05, 4.69) is 26.5 Å². The molecule has 118 valence electrons. The Morgan fingerprint density at radius 1 is 1.23 bits per heavy atom. The fourth-order valence-corrected chi connectivity index (χ4v) is 2.92. The maximum absolute atomic E-state index is 5.56. The number of hydrazine groups is 1. The van der Waals surface area contributed by atoms with E-state index >= 15 is 0 Å². The number of amidine groups is 1. The van der Waals surface area contributed by atoms with Crippen LogP contribution in [-0.4, -0.2) is 24.3 Å². The van der Waals surface area contributed by atoms with E-state index in [1.165, 1.54) is 19.3 Å². The molecule has 0 amide bonds. The molecule has 0 radical (unpaired) electrons. The van der Waals surface area contributed by atoms with E-state index in [0.29, 0.717) is 11.5 Å². The molecule has 7 heteroatoms. The lowest BCUT2D eigenvalue weighted by Crippen LogP contribution is -2.66. The number of methoxy groups -OCH3 is 1. The first-order valence-electron chi connectivity index (χ1n) is 7.57. The number of hydrazone groups is 2. The molecule has 2 aliphatic rings. The lowest BCUT2D eigenvalue weighted by Gasteiger charge is -2.40. The number of hydrogen-bond acceptors (Lipinski definition) is 7. The van der Waals surface area contributed by atoms with Crippen LogP contribution in [0.3, 0.4) is 0 Å². The molecule has 5 N–H and O–H groups in total. The van der Waals surface area contributed by atoms with Crippen LogP contribution < -0.4 is 26.9 Å². The van der Waals surface area contributed by atoms with Crippen LogP contribution >= 0.6 is 0 Å². The molecule has 0 bridgehead atoms. The number of nitrogens with zero attached hydrogens (tertiary/aromatic N) is 2. The van der Waals surface area contributed by atoms with Gasteiger partial charge in [-0.1, -0.05) is 6.42 Å². The number of hydrogen-bond donors (Lipinski definition) is 4. The first-order chi connectivity index (χ1) is 10.8. The van der Waals surface area contributed by atoms with Gasteiger partial charge in [-0.2, -0.15) is 10.2 Å². The van der Waals surface area contributed by atoms with Crippen LogP contribution in [0.15, 0.2) is 34.5 Å². The average Bonchev–Trinajstić information content (AvgIpc) is 2.59. The van der Waals surface area contributed by atoms with Gasteiger partial charge in [0.15, 0.2) is 5.84 Å². The van der Waals surface area contributed by atoms with E-state index in [-0.39, 0.29) is 5.66 Å². The quantitative estimate of drug-likeness (QED) is 0.380. The van der Waals surface area contributed by atoms with Gasteiger partial charge in [-0.25, -0.2) is 5.43 Å². The van der Waals surface area contributed by atoms with Crippen LogP contribution in [0.2, 0.25) is 0 Å². The summed E-state index contributed by atoms with van der Waals surface area (Å²) >= 11 is 0. The standard InChI is InChI=1S/C15H22N6O/c1-22-12-7-5-11(6-8-12)13(17-16)14-18-20-15(21-19-14)9-3-2-4-10-15/h5-8,20-21H,2-4,9-10,16H2,1H3,(H,18,19). The normalized spacial score (nSPS) is 20.8. The summed E-state index contributed by atoms with van der Waals surface area (Å²) in [5.74, 6) is 6.93. The number of rotatable bonds is 3. The van der Waals surface area contributed by atoms with E-state index in [1.54, 1.807) is 7.11 Å². The summed E-state index contributed by atoms with van der Waals surface area (Å²) in [6.07, 6.45) is 5.78. The van der Waals surface area contributed by atoms with Crippen molar-refractivity contribution < 1.29 is 4.74 Å². The summed E-state index contributed by atoms with van der Waals surface area (Å²) in [5.41, 5.74) is 11.0. The number of benzene rings is 1. The Balaban J connectivity index is 1.77. The highest BCUT2D eigenvalue weighted by atomic mass is 16.5. The molecule has 1 aliphatic carbocycles. The Morgan fingerprint density at radius 3 is 2.50 bits per heavy atom. The Labute approximate surface area is 130 Å². The summed E-state index contributed by atoms with van der Waals surface area (Å²) in [5, 5.41) is 8.32. The lowest BCUT2D eigenvalue weighted by molar-refractivity contribution is 0.162. The molecule has 7 nitrogen and oxygen atoms in total. The van der Waals surface area contributed by atoms with Crippen molar-refractivity contribution in [2.24, 2.45) is 16.0 Å². The minimum Gasteiger partial charge on any atom is -0.497 e. The molecule has 0 atom stereocenters. The summed E-state index contributed by atoms with van der Waals surface area (Å²) in [7, 11) is 1.64. The molecule has 1 aliphatic heterocycles. The van der Waals surface area contributed by atoms with E-state index in [4.69, 9.17) is 10.6 Å². The van der Waals surface area contributed by atoms with Crippen molar-refractivity contribution in [2.45, 2.75) is 37.8 Å². The zero-order valence-electron chi connectivity index (χ0n) is 12.7. The van der Waals surface area contributed by atoms with Crippen LogP contribution in [-0.2, 0) is 0 Å². The largest absolute Gasteiger partial charge is 0.497 e. The van der Waals surface area contributed by atoms with Crippen molar-refractivity contribution in [1.82, 2.24) is 16.3 Å². The molecule has 22 heavy (non-hydrogen) atoms. The van der Waals surface area contributed by atoms with Gasteiger partial charge >= 0.3 is 0 Å². The van der Waals surface area contributed by atoms with Gasteiger partial charge in [0.05, 0.1) is 7.11 Å². The van der Waals surface area contributed by atoms with E-state index < -0.39 is 0 Å². The fourth-order valence-electron chi connectivity index (χ4n) is 2.92. The zero-order valence-corrected chi connectivity index (χ0v) is 12.7. The Morgan fingerprint density at radius 2 is 1.95 bits per heavy atom. The third-order valence-corrected chi connectivity index (χ3v) is 4.23. The van der Waals surface area contributed by atoms with E-state index in [1.807, 2.05) is 24.3 Å². The van der Waals surface area contributed by atoms with Crippen molar-refractivity contribution in [1.29, 1.82) is 0 Å². The van der Waals surface area contributed by atoms with Crippen LogP contribution in [0.1, 0.15) is 37.7 Å². The van der Waals surface area contributed by atoms with Gasteiger partial charge in [0.1, 0.15) is 17.1 Å². The Hall–Kier alpha value is -2.28. The van der Waals surface area contributed by atoms with Crippen LogP contribution in [0.5, 0.6) is 5.75 Å². The second-order valence-electron chi connectivity index (χ2n) is 5.67. The fraction of sp³-hybridized carbons (Fsp3) is 0.467. The van der Waals surface area contributed by atoms with Gasteiger partial charge in [0.2, 0.25) is 0 Å².